The molecular weight excluding hydrogens is 760 g/mol. The van der Waals surface area contributed by atoms with Gasteiger partial charge in [0.15, 0.2) is 0 Å². The molecule has 0 amide bonds. The minimum atomic E-state index is -0.540. The van der Waals surface area contributed by atoms with Crippen LogP contribution in [0.4, 0.5) is 0 Å². The van der Waals surface area contributed by atoms with E-state index < -0.39 is 16.8 Å². The Hall–Kier alpha value is 0.412. The summed E-state index contributed by atoms with van der Waals surface area (Å²) in [5.74, 6) is 4.65. The summed E-state index contributed by atoms with van der Waals surface area (Å²) in [5.41, 5.74) is -1.62. The first kappa shape index (κ1) is 50.8. The maximum absolute atomic E-state index is 14.2. The van der Waals surface area contributed by atoms with Crippen LogP contribution in [-0.4, -0.2) is 34.2 Å². The van der Waals surface area contributed by atoms with Crippen LogP contribution in [0.2, 0.25) is 0 Å². The van der Waals surface area contributed by atoms with Crippen molar-refractivity contribution in [3.05, 3.63) is 0 Å². The molecule has 0 aromatic heterocycles. The first-order valence-corrected chi connectivity index (χ1v) is 28.6. The van der Waals surface area contributed by atoms with E-state index in [4.69, 9.17) is 0 Å². The van der Waals surface area contributed by atoms with Crippen LogP contribution in [0, 0.1) is 53.3 Å². The molecule has 348 valence electrons. The smallest absolute Gasteiger partial charge is 0.849 e. The van der Waals surface area contributed by atoms with Gasteiger partial charge in [0.05, 0.1) is 0 Å². The Morgan fingerprint density at radius 2 is 0.246 bits per heavy atom. The molecule has 0 N–H and O–H groups in total. The van der Waals surface area contributed by atoms with Crippen LogP contribution < -0.4 is 15.3 Å². The van der Waals surface area contributed by atoms with Crippen LogP contribution in [0.3, 0.4) is 0 Å². The zero-order chi connectivity index (χ0) is 41.5. The molecule has 9 aliphatic carbocycles. The molecular formula is C57H99AlO3. The van der Waals surface area contributed by atoms with E-state index in [2.05, 4.69) is 0 Å². The minimum absolute atomic E-state index is 0. The number of rotatable bonds is 9. The van der Waals surface area contributed by atoms with Crippen molar-refractivity contribution >= 4 is 17.4 Å². The molecule has 0 aliphatic heterocycles. The van der Waals surface area contributed by atoms with E-state index in [1.807, 2.05) is 0 Å². The molecule has 0 bridgehead atoms. The summed E-state index contributed by atoms with van der Waals surface area (Å²) in [5, 5.41) is 42.5. The van der Waals surface area contributed by atoms with Crippen molar-refractivity contribution in [3.8, 4) is 0 Å². The molecule has 0 atom stereocenters. The van der Waals surface area contributed by atoms with Crippen LogP contribution in [0.15, 0.2) is 0 Å². The van der Waals surface area contributed by atoms with Gasteiger partial charge in [-0.05, 0) is 0 Å². The van der Waals surface area contributed by atoms with Crippen molar-refractivity contribution in [2.24, 2.45) is 53.3 Å². The standard InChI is InChI=1S/3C19H33O.Al/c3*20-19(16-10-4-1-5-11-16,17-12-6-2-7-13-17)18-14-8-3-9-15-18;/h3*16-18H,1-15H2;/q3*-1;+3. The fourth-order valence-electron chi connectivity index (χ4n) is 17.0. The van der Waals surface area contributed by atoms with Crippen molar-refractivity contribution < 1.29 is 15.3 Å². The second kappa shape index (κ2) is 26.1. The Morgan fingerprint density at radius 3 is 0.328 bits per heavy atom. The third-order valence-electron chi connectivity index (χ3n) is 20.2. The predicted molar refractivity (Wildman–Crippen MR) is 253 cm³/mol. The summed E-state index contributed by atoms with van der Waals surface area (Å²) in [4.78, 5) is 0. The van der Waals surface area contributed by atoms with Gasteiger partial charge < -0.3 is 15.3 Å². The Bertz CT molecular complexity index is 854. The largest absolute Gasteiger partial charge is 3.00 e. The third kappa shape index (κ3) is 12.9. The van der Waals surface area contributed by atoms with Gasteiger partial charge in [-0.3, -0.25) is 0 Å². The van der Waals surface area contributed by atoms with Gasteiger partial charge in [-0.15, -0.1) is 16.8 Å². The van der Waals surface area contributed by atoms with E-state index in [0.29, 0.717) is 53.3 Å². The molecule has 0 heterocycles. The SMILES string of the molecule is [Al+3].[O-]C(C1CCCCC1)(C1CCCCC1)C1CCCCC1.[O-]C(C1CCCCC1)(C1CCCCC1)C1CCCCC1.[O-]C(C1CCCCC1)(C1CCCCC1)C1CCCCC1. The topological polar surface area (TPSA) is 69.2 Å². The summed E-state index contributed by atoms with van der Waals surface area (Å²) in [6.45, 7) is 0. The monoisotopic (exact) mass is 859 g/mol. The van der Waals surface area contributed by atoms with Gasteiger partial charge in [-0.2, -0.15) is 0 Å². The van der Waals surface area contributed by atoms with Crippen LogP contribution in [0.5, 0.6) is 0 Å². The third-order valence-corrected chi connectivity index (χ3v) is 20.2. The van der Waals surface area contributed by atoms with Gasteiger partial charge >= 0.3 is 17.4 Å². The van der Waals surface area contributed by atoms with E-state index in [1.54, 1.807) is 0 Å². The van der Waals surface area contributed by atoms with E-state index in [0.717, 1.165) is 0 Å². The second-order valence-corrected chi connectivity index (χ2v) is 23.6. The van der Waals surface area contributed by atoms with Gasteiger partial charge in [0.2, 0.25) is 0 Å². The average Bonchev–Trinajstić information content (AvgIpc) is 3.36. The van der Waals surface area contributed by atoms with E-state index in [9.17, 15) is 15.3 Å². The quantitative estimate of drug-likeness (QED) is 0.217. The molecule has 61 heavy (non-hydrogen) atoms. The second-order valence-electron chi connectivity index (χ2n) is 23.6. The number of hydrogen-bond acceptors (Lipinski definition) is 3. The first-order chi connectivity index (χ1) is 29.4. The van der Waals surface area contributed by atoms with Crippen molar-refractivity contribution in [3.63, 3.8) is 0 Å². The van der Waals surface area contributed by atoms with E-state index >= 15 is 0 Å². The molecule has 9 saturated carbocycles. The normalized spacial score (nSPS) is 28.2. The Balaban J connectivity index is 0.000000152. The fourth-order valence-corrected chi connectivity index (χ4v) is 17.0. The molecule has 0 aromatic carbocycles. The van der Waals surface area contributed by atoms with Crippen LogP contribution >= 0.6 is 0 Å². The molecule has 4 heteroatoms. The Labute approximate surface area is 389 Å². The zero-order valence-corrected chi connectivity index (χ0v) is 41.5. The van der Waals surface area contributed by atoms with Crippen molar-refractivity contribution in [2.45, 2.75) is 306 Å². The zero-order valence-electron chi connectivity index (χ0n) is 40.3. The van der Waals surface area contributed by atoms with Gasteiger partial charge in [-0.1, -0.05) is 342 Å². The Morgan fingerprint density at radius 1 is 0.164 bits per heavy atom. The molecule has 9 fully saturated rings. The van der Waals surface area contributed by atoms with E-state index in [1.165, 1.54) is 289 Å². The van der Waals surface area contributed by atoms with Crippen molar-refractivity contribution in [1.29, 1.82) is 0 Å². The number of hydrogen-bond donors (Lipinski definition) is 0. The van der Waals surface area contributed by atoms with E-state index in [-0.39, 0.29) is 17.4 Å². The summed E-state index contributed by atoms with van der Waals surface area (Å²) < 4.78 is 0. The Kier molecular flexibility index (Phi) is 21.7. The van der Waals surface area contributed by atoms with Crippen LogP contribution in [-0.2, 0) is 0 Å². The van der Waals surface area contributed by atoms with Gasteiger partial charge in [-0.25, -0.2) is 0 Å². The average molecular weight is 859 g/mol. The van der Waals surface area contributed by atoms with Gasteiger partial charge in [0.25, 0.3) is 0 Å². The molecule has 9 rings (SSSR count). The molecule has 0 spiro atoms. The molecule has 9 aliphatic rings. The molecule has 0 saturated heterocycles. The summed E-state index contributed by atoms with van der Waals surface area (Å²) in [7, 11) is 0. The predicted octanol–water partition coefficient (Wildman–Crippen LogP) is 14.1. The molecule has 0 aromatic rings. The minimum Gasteiger partial charge on any atom is -0.849 e. The van der Waals surface area contributed by atoms with Crippen LogP contribution in [0.1, 0.15) is 289 Å². The summed E-state index contributed by atoms with van der Waals surface area (Å²) >= 11 is 0. The fraction of sp³-hybridized carbons (Fsp3) is 1.00. The van der Waals surface area contributed by atoms with Crippen molar-refractivity contribution in [1.82, 2.24) is 0 Å². The van der Waals surface area contributed by atoms with Gasteiger partial charge in [0.1, 0.15) is 0 Å². The molecule has 0 unspecified atom stereocenters. The summed E-state index contributed by atoms with van der Waals surface area (Å²) in [6.07, 6.45) is 58.7. The van der Waals surface area contributed by atoms with Gasteiger partial charge in [0, 0.05) is 0 Å². The van der Waals surface area contributed by atoms with Crippen molar-refractivity contribution in [2.75, 3.05) is 0 Å². The molecule has 0 radical (unpaired) electrons. The maximum atomic E-state index is 14.2. The first-order valence-electron chi connectivity index (χ1n) is 28.6. The molecule has 3 nitrogen and oxygen atoms in total. The maximum Gasteiger partial charge on any atom is 3.00 e. The van der Waals surface area contributed by atoms with Crippen LogP contribution in [0.25, 0.3) is 0 Å². The summed E-state index contributed by atoms with van der Waals surface area (Å²) in [6, 6.07) is 0.